The van der Waals surface area contributed by atoms with E-state index in [1.54, 1.807) is 0 Å². The van der Waals surface area contributed by atoms with E-state index < -0.39 is 24.3 Å². The first-order valence-electron chi connectivity index (χ1n) is 2.63. The standard InChI is InChI=1S/C6H6O5/c1-2-5(8)11-3-4(7)6(9)10/h2H,1,3H2,(H,9,10). The normalized spacial score (nSPS) is 8.36. The predicted molar refractivity (Wildman–Crippen MR) is 33.8 cm³/mol. The van der Waals surface area contributed by atoms with Gasteiger partial charge in [-0.3, -0.25) is 4.79 Å². The molecule has 0 aliphatic carbocycles. The van der Waals surface area contributed by atoms with Crippen LogP contribution in [0.25, 0.3) is 0 Å². The molecule has 0 aliphatic heterocycles. The molecule has 0 heterocycles. The summed E-state index contributed by atoms with van der Waals surface area (Å²) in [6, 6.07) is 0. The van der Waals surface area contributed by atoms with E-state index in [1.165, 1.54) is 0 Å². The molecular formula is C6H6O5. The Kier molecular flexibility index (Phi) is 3.58. The Bertz CT molecular complexity index is 205. The summed E-state index contributed by atoms with van der Waals surface area (Å²) in [4.78, 5) is 30.3. The highest BCUT2D eigenvalue weighted by Gasteiger charge is 2.12. The summed E-state index contributed by atoms with van der Waals surface area (Å²) in [5, 5.41) is 8.00. The van der Waals surface area contributed by atoms with Crippen molar-refractivity contribution in [2.24, 2.45) is 0 Å². The molecule has 0 bridgehead atoms. The highest BCUT2D eigenvalue weighted by atomic mass is 16.5. The largest absolute Gasteiger partial charge is 0.475 e. The Hall–Kier alpha value is -1.65. The number of hydrogen-bond acceptors (Lipinski definition) is 4. The first kappa shape index (κ1) is 9.35. The number of carboxylic acids is 1. The third kappa shape index (κ3) is 3.85. The number of aliphatic carboxylic acids is 1. The zero-order valence-corrected chi connectivity index (χ0v) is 5.57. The maximum absolute atomic E-state index is 10.3. The van der Waals surface area contributed by atoms with E-state index in [2.05, 4.69) is 11.3 Å². The van der Waals surface area contributed by atoms with Crippen LogP contribution in [0, 0.1) is 0 Å². The van der Waals surface area contributed by atoms with E-state index in [0.29, 0.717) is 0 Å². The molecule has 0 aliphatic rings. The van der Waals surface area contributed by atoms with E-state index in [-0.39, 0.29) is 0 Å². The van der Waals surface area contributed by atoms with Gasteiger partial charge in [0.1, 0.15) is 0 Å². The summed E-state index contributed by atoms with van der Waals surface area (Å²) in [5.74, 6) is -3.61. The second-order valence-electron chi connectivity index (χ2n) is 1.54. The van der Waals surface area contributed by atoms with Gasteiger partial charge in [-0.1, -0.05) is 6.58 Å². The molecular weight excluding hydrogens is 152 g/mol. The van der Waals surface area contributed by atoms with Gasteiger partial charge in [0.15, 0.2) is 6.61 Å². The number of carbonyl (C=O) groups excluding carboxylic acids is 2. The molecule has 0 fully saturated rings. The fourth-order valence-corrected chi connectivity index (χ4v) is 0.257. The number of Topliss-reactive ketones (excluding diaryl/α,β-unsaturated/α-hetero) is 1. The minimum atomic E-state index is -1.62. The van der Waals surface area contributed by atoms with Gasteiger partial charge in [0, 0.05) is 6.08 Å². The average molecular weight is 158 g/mol. The number of ether oxygens (including phenoxy) is 1. The number of hydrogen-bond donors (Lipinski definition) is 1. The van der Waals surface area contributed by atoms with Crippen molar-refractivity contribution in [3.63, 3.8) is 0 Å². The Morgan fingerprint density at radius 3 is 2.36 bits per heavy atom. The lowest BCUT2D eigenvalue weighted by atomic mass is 10.4. The van der Waals surface area contributed by atoms with Gasteiger partial charge < -0.3 is 9.84 Å². The molecule has 60 valence electrons. The maximum Gasteiger partial charge on any atom is 0.375 e. The lowest BCUT2D eigenvalue weighted by Gasteiger charge is -1.95. The van der Waals surface area contributed by atoms with Crippen LogP contribution in [0.15, 0.2) is 12.7 Å². The number of carboxylic acid groups (broad SMARTS) is 1. The zero-order valence-electron chi connectivity index (χ0n) is 5.57. The molecule has 0 aromatic carbocycles. The van der Waals surface area contributed by atoms with Gasteiger partial charge in [-0.2, -0.15) is 0 Å². The van der Waals surface area contributed by atoms with Crippen LogP contribution < -0.4 is 0 Å². The highest BCUT2D eigenvalue weighted by molar-refractivity contribution is 6.33. The van der Waals surface area contributed by atoms with Crippen LogP contribution in [0.4, 0.5) is 0 Å². The number of carbonyl (C=O) groups is 3. The molecule has 1 N–H and O–H groups in total. The van der Waals surface area contributed by atoms with Gasteiger partial charge in [-0.05, 0) is 0 Å². The molecule has 0 saturated heterocycles. The van der Waals surface area contributed by atoms with Gasteiger partial charge in [0.25, 0.3) is 5.78 Å². The number of rotatable bonds is 4. The summed E-state index contributed by atoms with van der Waals surface area (Å²) in [7, 11) is 0. The molecule has 0 rings (SSSR count). The molecule has 0 spiro atoms. The van der Waals surface area contributed by atoms with E-state index in [0.717, 1.165) is 6.08 Å². The van der Waals surface area contributed by atoms with Crippen LogP contribution in [0.3, 0.4) is 0 Å². The molecule has 5 heteroatoms. The van der Waals surface area contributed by atoms with Crippen molar-refractivity contribution in [1.82, 2.24) is 0 Å². The molecule has 0 radical (unpaired) electrons. The fraction of sp³-hybridized carbons (Fsp3) is 0.167. The summed E-state index contributed by atoms with van der Waals surface area (Å²) in [5.41, 5.74) is 0. The van der Waals surface area contributed by atoms with E-state index in [9.17, 15) is 14.4 Å². The molecule has 0 aromatic rings. The van der Waals surface area contributed by atoms with Crippen LogP contribution in [0.2, 0.25) is 0 Å². The van der Waals surface area contributed by atoms with Gasteiger partial charge in [-0.15, -0.1) is 0 Å². The van der Waals surface area contributed by atoms with Crippen molar-refractivity contribution in [2.45, 2.75) is 0 Å². The first-order valence-corrected chi connectivity index (χ1v) is 2.63. The Morgan fingerprint density at radius 1 is 1.45 bits per heavy atom. The molecule has 0 atom stereocenters. The monoisotopic (exact) mass is 158 g/mol. The van der Waals surface area contributed by atoms with Crippen molar-refractivity contribution in [3.05, 3.63) is 12.7 Å². The molecule has 0 saturated carbocycles. The third-order valence-electron chi connectivity index (χ3n) is 0.751. The molecule has 0 unspecified atom stereocenters. The smallest absolute Gasteiger partial charge is 0.375 e. The minimum Gasteiger partial charge on any atom is -0.475 e. The zero-order chi connectivity index (χ0) is 8.85. The minimum absolute atomic E-state index is 0.750. The van der Waals surface area contributed by atoms with Gasteiger partial charge in [0.05, 0.1) is 0 Å². The van der Waals surface area contributed by atoms with Crippen molar-refractivity contribution in [3.8, 4) is 0 Å². The molecule has 0 amide bonds. The summed E-state index contributed by atoms with van der Waals surface area (Å²) >= 11 is 0. The van der Waals surface area contributed by atoms with Crippen molar-refractivity contribution < 1.29 is 24.2 Å². The van der Waals surface area contributed by atoms with Crippen LogP contribution in [-0.2, 0) is 19.1 Å². The lowest BCUT2D eigenvalue weighted by molar-refractivity contribution is -0.154. The SMILES string of the molecule is C=CC(=O)OCC(=O)C(=O)O. The van der Waals surface area contributed by atoms with E-state index in [4.69, 9.17) is 5.11 Å². The van der Waals surface area contributed by atoms with Crippen LogP contribution in [0.5, 0.6) is 0 Å². The van der Waals surface area contributed by atoms with Gasteiger partial charge in [0.2, 0.25) is 0 Å². The summed E-state index contributed by atoms with van der Waals surface area (Å²) in [6.07, 6.45) is 0.842. The van der Waals surface area contributed by atoms with Crippen molar-refractivity contribution in [1.29, 1.82) is 0 Å². The first-order chi connectivity index (χ1) is 5.07. The Labute approximate surface area is 62.3 Å². The lowest BCUT2D eigenvalue weighted by Crippen LogP contribution is -2.20. The third-order valence-corrected chi connectivity index (χ3v) is 0.751. The predicted octanol–water partition coefficient (Wildman–Crippen LogP) is -0.631. The summed E-state index contributed by atoms with van der Waals surface area (Å²) < 4.78 is 4.13. The molecule has 0 aromatic heterocycles. The highest BCUT2D eigenvalue weighted by Crippen LogP contribution is 1.80. The van der Waals surface area contributed by atoms with Crippen LogP contribution >= 0.6 is 0 Å². The van der Waals surface area contributed by atoms with Crippen molar-refractivity contribution >= 4 is 17.7 Å². The Morgan fingerprint density at radius 2 is 2.00 bits per heavy atom. The fourth-order valence-electron chi connectivity index (χ4n) is 0.257. The van der Waals surface area contributed by atoms with Crippen molar-refractivity contribution in [2.75, 3.05) is 6.61 Å². The molecule has 11 heavy (non-hydrogen) atoms. The van der Waals surface area contributed by atoms with Gasteiger partial charge in [-0.25, -0.2) is 9.59 Å². The number of ketones is 1. The Balaban J connectivity index is 3.71. The quantitative estimate of drug-likeness (QED) is 0.334. The topological polar surface area (TPSA) is 80.7 Å². The van der Waals surface area contributed by atoms with E-state index >= 15 is 0 Å². The summed E-state index contributed by atoms with van der Waals surface area (Å²) in [6.45, 7) is 2.30. The van der Waals surface area contributed by atoms with E-state index in [1.807, 2.05) is 0 Å². The molecule has 5 nitrogen and oxygen atoms in total. The van der Waals surface area contributed by atoms with Gasteiger partial charge >= 0.3 is 11.9 Å². The second-order valence-corrected chi connectivity index (χ2v) is 1.54. The average Bonchev–Trinajstić information content (AvgIpc) is 1.99. The number of esters is 1. The van der Waals surface area contributed by atoms with Crippen LogP contribution in [-0.4, -0.2) is 29.4 Å². The second kappa shape index (κ2) is 4.21. The maximum atomic E-state index is 10.3. The van der Waals surface area contributed by atoms with Crippen LogP contribution in [0.1, 0.15) is 0 Å².